The number of rotatable bonds is 7. The maximum absolute atomic E-state index is 13.6. The average molecular weight is 433 g/mol. The van der Waals surface area contributed by atoms with Crippen molar-refractivity contribution in [3.05, 3.63) is 88.2 Å². The number of ether oxygens (including phenoxy) is 1. The van der Waals surface area contributed by atoms with Gasteiger partial charge in [0.25, 0.3) is 11.8 Å². The van der Waals surface area contributed by atoms with Gasteiger partial charge in [-0.25, -0.2) is 4.90 Å². The predicted molar refractivity (Wildman–Crippen MR) is 124 cm³/mol. The van der Waals surface area contributed by atoms with Crippen molar-refractivity contribution < 1.29 is 14.3 Å². The van der Waals surface area contributed by atoms with Gasteiger partial charge in [-0.3, -0.25) is 9.59 Å². The molecule has 0 aliphatic carbocycles. The first-order chi connectivity index (χ1) is 15.0. The number of carbonyl (C=O) groups is 2. The second-order valence-corrected chi connectivity index (χ2v) is 8.57. The molecule has 1 aliphatic rings. The van der Waals surface area contributed by atoms with Crippen molar-refractivity contribution in [2.45, 2.75) is 26.5 Å². The molecule has 0 saturated carbocycles. The number of nitrogens with zero attached hydrogens (tertiary/aromatic N) is 2. The van der Waals surface area contributed by atoms with Crippen molar-refractivity contribution in [1.82, 2.24) is 4.90 Å². The molecule has 0 spiro atoms. The Labute approximate surface area is 186 Å². The normalized spacial score (nSPS) is 14.0. The minimum atomic E-state index is -0.341. The number of thiophene rings is 1. The second kappa shape index (κ2) is 8.78. The fourth-order valence-electron chi connectivity index (χ4n) is 3.67. The number of likely N-dealkylation sites (N-methyl/N-ethyl adjacent to an activating group) is 1. The van der Waals surface area contributed by atoms with Gasteiger partial charge in [0.15, 0.2) is 0 Å². The zero-order chi connectivity index (χ0) is 22.0. The van der Waals surface area contributed by atoms with E-state index >= 15 is 0 Å². The van der Waals surface area contributed by atoms with Crippen LogP contribution in [0.1, 0.15) is 24.3 Å². The zero-order valence-corrected chi connectivity index (χ0v) is 18.6. The molecule has 0 unspecified atom stereocenters. The first-order valence-electron chi connectivity index (χ1n) is 10.1. The maximum Gasteiger partial charge on any atom is 0.282 e. The summed E-state index contributed by atoms with van der Waals surface area (Å²) in [6, 6.07) is 20.8. The summed E-state index contributed by atoms with van der Waals surface area (Å²) >= 11 is 1.45. The molecule has 0 atom stereocenters. The summed E-state index contributed by atoms with van der Waals surface area (Å²) in [6.45, 7) is 4.35. The van der Waals surface area contributed by atoms with Crippen LogP contribution in [0.3, 0.4) is 0 Å². The SMILES string of the molecule is CC(C)Oc1ccccc1N1C(=O)C(c2cccs2)=C(N(C)Cc2ccccc2)C1=O. The lowest BCUT2D eigenvalue weighted by Gasteiger charge is -2.23. The molecule has 3 aromatic rings. The fraction of sp³-hybridized carbons (Fsp3) is 0.200. The van der Waals surface area contributed by atoms with E-state index in [0.29, 0.717) is 29.3 Å². The third-order valence-electron chi connectivity index (χ3n) is 4.94. The Morgan fingerprint density at radius 2 is 1.65 bits per heavy atom. The molecule has 1 aromatic heterocycles. The molecule has 4 rings (SSSR count). The highest BCUT2D eigenvalue weighted by Crippen LogP contribution is 2.39. The van der Waals surface area contributed by atoms with E-state index in [4.69, 9.17) is 4.74 Å². The number of amides is 2. The first-order valence-corrected chi connectivity index (χ1v) is 11.0. The highest BCUT2D eigenvalue weighted by molar-refractivity contribution is 7.11. The van der Waals surface area contributed by atoms with Gasteiger partial charge >= 0.3 is 0 Å². The Hall–Kier alpha value is -3.38. The molecule has 2 amide bonds. The third-order valence-corrected chi connectivity index (χ3v) is 5.83. The van der Waals surface area contributed by atoms with Crippen molar-refractivity contribution in [2.75, 3.05) is 11.9 Å². The van der Waals surface area contributed by atoms with Crippen molar-refractivity contribution in [3.63, 3.8) is 0 Å². The van der Waals surface area contributed by atoms with Gasteiger partial charge < -0.3 is 9.64 Å². The van der Waals surface area contributed by atoms with Gasteiger partial charge in [0.05, 0.1) is 17.4 Å². The highest BCUT2D eigenvalue weighted by atomic mass is 32.1. The van der Waals surface area contributed by atoms with E-state index in [1.807, 2.05) is 79.7 Å². The predicted octanol–water partition coefficient (Wildman–Crippen LogP) is 4.95. The maximum atomic E-state index is 13.6. The van der Waals surface area contributed by atoms with Crippen LogP contribution >= 0.6 is 11.3 Å². The minimum Gasteiger partial charge on any atom is -0.489 e. The Morgan fingerprint density at radius 1 is 0.935 bits per heavy atom. The fourth-order valence-corrected chi connectivity index (χ4v) is 4.43. The first kappa shape index (κ1) is 20.9. The van der Waals surface area contributed by atoms with E-state index in [2.05, 4.69) is 0 Å². The molecule has 0 bridgehead atoms. The van der Waals surface area contributed by atoms with Crippen molar-refractivity contribution in [3.8, 4) is 5.75 Å². The van der Waals surface area contributed by atoms with Crippen molar-refractivity contribution in [1.29, 1.82) is 0 Å². The summed E-state index contributed by atoms with van der Waals surface area (Å²) in [5, 5.41) is 1.91. The molecule has 5 nitrogen and oxygen atoms in total. The Balaban J connectivity index is 1.77. The number of carbonyl (C=O) groups excluding carboxylic acids is 2. The number of para-hydroxylation sites is 2. The van der Waals surface area contributed by atoms with E-state index in [0.717, 1.165) is 10.4 Å². The molecule has 2 aromatic carbocycles. The summed E-state index contributed by atoms with van der Waals surface area (Å²) in [7, 11) is 1.85. The van der Waals surface area contributed by atoms with Crippen LogP contribution in [0.4, 0.5) is 5.69 Å². The summed E-state index contributed by atoms with van der Waals surface area (Å²) in [5.74, 6) is -0.162. The summed E-state index contributed by atoms with van der Waals surface area (Å²) < 4.78 is 5.90. The zero-order valence-electron chi connectivity index (χ0n) is 17.7. The molecule has 0 N–H and O–H groups in total. The van der Waals surface area contributed by atoms with Gasteiger partial charge in [0.1, 0.15) is 11.4 Å². The lowest BCUT2D eigenvalue weighted by molar-refractivity contribution is -0.120. The lowest BCUT2D eigenvalue weighted by atomic mass is 10.1. The number of hydrogen-bond donors (Lipinski definition) is 0. The molecular weight excluding hydrogens is 408 g/mol. The van der Waals surface area contributed by atoms with Crippen LogP contribution in [0.25, 0.3) is 5.57 Å². The van der Waals surface area contributed by atoms with Crippen molar-refractivity contribution in [2.24, 2.45) is 0 Å². The van der Waals surface area contributed by atoms with Crippen molar-refractivity contribution >= 4 is 34.4 Å². The standard InChI is InChI=1S/C25H24N2O3S/c1-17(2)30-20-13-8-7-12-19(20)27-24(28)22(21-14-9-15-31-21)23(25(27)29)26(3)16-18-10-5-4-6-11-18/h4-15,17H,16H2,1-3H3. The number of hydrogen-bond acceptors (Lipinski definition) is 5. The van der Waals surface area contributed by atoms with Crippen LogP contribution in [0, 0.1) is 0 Å². The third kappa shape index (κ3) is 4.11. The van der Waals surface area contributed by atoms with Crippen LogP contribution in [0.15, 0.2) is 77.8 Å². The Kier molecular flexibility index (Phi) is 5.91. The van der Waals surface area contributed by atoms with Gasteiger partial charge in [-0.2, -0.15) is 0 Å². The quantitative estimate of drug-likeness (QED) is 0.496. The average Bonchev–Trinajstić information content (AvgIpc) is 3.35. The Morgan fingerprint density at radius 3 is 2.32 bits per heavy atom. The number of anilines is 1. The van der Waals surface area contributed by atoms with Gasteiger partial charge in [0, 0.05) is 18.5 Å². The van der Waals surface area contributed by atoms with Crippen LogP contribution < -0.4 is 9.64 Å². The number of benzene rings is 2. The van der Waals surface area contributed by atoms with E-state index in [1.165, 1.54) is 16.2 Å². The molecule has 31 heavy (non-hydrogen) atoms. The van der Waals surface area contributed by atoms with Crippen LogP contribution in [0.2, 0.25) is 0 Å². The van der Waals surface area contributed by atoms with Crippen LogP contribution in [-0.2, 0) is 16.1 Å². The minimum absolute atomic E-state index is 0.0843. The van der Waals surface area contributed by atoms with Gasteiger partial charge in [-0.1, -0.05) is 48.5 Å². The van der Waals surface area contributed by atoms with E-state index < -0.39 is 0 Å². The molecule has 0 saturated heterocycles. The van der Waals surface area contributed by atoms with Gasteiger partial charge in [-0.15, -0.1) is 11.3 Å². The molecule has 158 valence electrons. The smallest absolute Gasteiger partial charge is 0.282 e. The molecular formula is C25H24N2O3S. The van der Waals surface area contributed by atoms with Gasteiger partial charge in [-0.05, 0) is 43.0 Å². The topological polar surface area (TPSA) is 49.9 Å². The lowest BCUT2D eigenvalue weighted by Crippen LogP contribution is -2.34. The molecule has 6 heteroatoms. The molecule has 0 fully saturated rings. The largest absolute Gasteiger partial charge is 0.489 e. The molecule has 2 heterocycles. The summed E-state index contributed by atoms with van der Waals surface area (Å²) in [4.78, 5) is 31.1. The van der Waals surface area contributed by atoms with E-state index in [1.54, 1.807) is 18.2 Å². The van der Waals surface area contributed by atoms with Crippen LogP contribution in [-0.4, -0.2) is 29.9 Å². The second-order valence-electron chi connectivity index (χ2n) is 7.62. The molecule has 0 radical (unpaired) electrons. The number of imide groups is 1. The summed E-state index contributed by atoms with van der Waals surface area (Å²) in [5.41, 5.74) is 2.35. The van der Waals surface area contributed by atoms with E-state index in [9.17, 15) is 9.59 Å². The molecule has 1 aliphatic heterocycles. The Bertz CT molecular complexity index is 1120. The van der Waals surface area contributed by atoms with Gasteiger partial charge in [0.2, 0.25) is 0 Å². The highest BCUT2D eigenvalue weighted by Gasteiger charge is 2.43. The summed E-state index contributed by atoms with van der Waals surface area (Å²) in [6.07, 6.45) is -0.0843. The van der Waals surface area contributed by atoms with Crippen LogP contribution in [0.5, 0.6) is 5.75 Å². The monoisotopic (exact) mass is 432 g/mol. The van der Waals surface area contributed by atoms with E-state index in [-0.39, 0.29) is 17.9 Å².